The predicted octanol–water partition coefficient (Wildman–Crippen LogP) is 4.50. The first-order valence-electron chi connectivity index (χ1n) is 11.6. The van der Waals surface area contributed by atoms with Gasteiger partial charge in [0, 0.05) is 6.54 Å². The van der Waals surface area contributed by atoms with Gasteiger partial charge < -0.3 is 10.3 Å². The highest BCUT2D eigenvalue weighted by Crippen LogP contribution is 2.17. The van der Waals surface area contributed by atoms with E-state index in [1.165, 1.54) is 5.56 Å². The van der Waals surface area contributed by atoms with Crippen molar-refractivity contribution in [3.63, 3.8) is 0 Å². The molecule has 0 aliphatic carbocycles. The smallest absolute Gasteiger partial charge is 0.258 e. The average Bonchev–Trinajstić information content (AvgIpc) is 2.84. The Bertz CT molecular complexity index is 1300. The van der Waals surface area contributed by atoms with Crippen LogP contribution in [0, 0.1) is 6.92 Å². The van der Waals surface area contributed by atoms with Crippen LogP contribution in [0.1, 0.15) is 41.9 Å². The quantitative estimate of drug-likeness (QED) is 0.390. The summed E-state index contributed by atoms with van der Waals surface area (Å²) in [5.74, 6) is 0.476. The SMILES string of the molecule is CCC(NC(=O)CN(Cc1ccccc1)Cc1nc2ccccc2c(=O)[nH]1)c1ccc(C)cc1. The second-order valence-corrected chi connectivity index (χ2v) is 8.60. The van der Waals surface area contributed by atoms with Gasteiger partial charge in [-0.05, 0) is 36.6 Å². The van der Waals surface area contributed by atoms with Gasteiger partial charge in [0.2, 0.25) is 5.91 Å². The number of carbonyl (C=O) groups excluding carboxylic acids is 1. The molecule has 1 amide bonds. The lowest BCUT2D eigenvalue weighted by atomic mass is 10.0. The predicted molar refractivity (Wildman–Crippen MR) is 135 cm³/mol. The number of hydrogen-bond donors (Lipinski definition) is 2. The Kier molecular flexibility index (Phi) is 7.50. The van der Waals surface area contributed by atoms with Crippen molar-refractivity contribution in [3.05, 3.63) is 112 Å². The maximum absolute atomic E-state index is 13.1. The first-order chi connectivity index (χ1) is 16.5. The molecule has 0 aliphatic rings. The summed E-state index contributed by atoms with van der Waals surface area (Å²) in [5, 5.41) is 3.73. The first kappa shape index (κ1) is 23.4. The maximum Gasteiger partial charge on any atom is 0.258 e. The second-order valence-electron chi connectivity index (χ2n) is 8.60. The highest BCUT2D eigenvalue weighted by Gasteiger charge is 2.18. The van der Waals surface area contributed by atoms with Crippen molar-refractivity contribution in [2.75, 3.05) is 6.54 Å². The molecule has 3 aromatic carbocycles. The summed E-state index contributed by atoms with van der Waals surface area (Å²) in [7, 11) is 0. The number of benzene rings is 3. The Morgan fingerprint density at radius 2 is 1.68 bits per heavy atom. The lowest BCUT2D eigenvalue weighted by Crippen LogP contribution is -2.38. The van der Waals surface area contributed by atoms with Crippen LogP contribution in [0.5, 0.6) is 0 Å². The lowest BCUT2D eigenvalue weighted by Gasteiger charge is -2.24. The Hall–Kier alpha value is -3.77. The monoisotopic (exact) mass is 454 g/mol. The normalized spacial score (nSPS) is 12.1. The van der Waals surface area contributed by atoms with E-state index in [-0.39, 0.29) is 24.1 Å². The number of nitrogens with one attached hydrogen (secondary N) is 2. The molecular weight excluding hydrogens is 424 g/mol. The van der Waals surface area contributed by atoms with Crippen molar-refractivity contribution in [1.29, 1.82) is 0 Å². The summed E-state index contributed by atoms with van der Waals surface area (Å²) in [6, 6.07) is 25.5. The largest absolute Gasteiger partial charge is 0.348 e. The van der Waals surface area contributed by atoms with Gasteiger partial charge in [0.25, 0.3) is 5.56 Å². The minimum absolute atomic E-state index is 0.0507. The molecule has 1 unspecified atom stereocenters. The number of aromatic nitrogens is 2. The molecule has 4 rings (SSSR count). The lowest BCUT2D eigenvalue weighted by molar-refractivity contribution is -0.123. The minimum atomic E-state index is -0.171. The molecule has 1 heterocycles. The van der Waals surface area contributed by atoms with Crippen molar-refractivity contribution >= 4 is 16.8 Å². The van der Waals surface area contributed by atoms with Gasteiger partial charge in [0.05, 0.1) is 30.0 Å². The zero-order valence-corrected chi connectivity index (χ0v) is 19.6. The van der Waals surface area contributed by atoms with Gasteiger partial charge in [0.15, 0.2) is 0 Å². The number of rotatable bonds is 9. The Labute approximate surface area is 199 Å². The van der Waals surface area contributed by atoms with Gasteiger partial charge in [0.1, 0.15) is 5.82 Å². The third-order valence-electron chi connectivity index (χ3n) is 5.87. The number of amides is 1. The molecule has 2 N–H and O–H groups in total. The topological polar surface area (TPSA) is 78.1 Å². The number of nitrogens with zero attached hydrogens (tertiary/aromatic N) is 2. The van der Waals surface area contributed by atoms with Crippen molar-refractivity contribution in [1.82, 2.24) is 20.2 Å². The fourth-order valence-electron chi connectivity index (χ4n) is 4.09. The summed E-state index contributed by atoms with van der Waals surface area (Å²) in [6.45, 7) is 5.22. The van der Waals surface area contributed by atoms with Crippen LogP contribution in [0.3, 0.4) is 0 Å². The molecule has 0 bridgehead atoms. The number of fused-ring (bicyclic) bond motifs is 1. The fraction of sp³-hybridized carbons (Fsp3) is 0.250. The van der Waals surface area contributed by atoms with Crippen LogP contribution >= 0.6 is 0 Å². The number of carbonyl (C=O) groups is 1. The van der Waals surface area contributed by atoms with Crippen molar-refractivity contribution in [2.24, 2.45) is 0 Å². The van der Waals surface area contributed by atoms with E-state index >= 15 is 0 Å². The van der Waals surface area contributed by atoms with E-state index in [4.69, 9.17) is 0 Å². The van der Waals surface area contributed by atoms with E-state index in [1.807, 2.05) is 53.4 Å². The van der Waals surface area contributed by atoms with Gasteiger partial charge >= 0.3 is 0 Å². The van der Waals surface area contributed by atoms with Crippen molar-refractivity contribution < 1.29 is 4.79 Å². The third-order valence-corrected chi connectivity index (χ3v) is 5.87. The summed E-state index contributed by atoms with van der Waals surface area (Å²) in [4.78, 5) is 35.1. The van der Waals surface area contributed by atoms with Gasteiger partial charge in [-0.15, -0.1) is 0 Å². The summed E-state index contributed by atoms with van der Waals surface area (Å²) in [5.41, 5.74) is 3.85. The van der Waals surface area contributed by atoms with Crippen LogP contribution < -0.4 is 10.9 Å². The van der Waals surface area contributed by atoms with Crippen molar-refractivity contribution in [3.8, 4) is 0 Å². The van der Waals surface area contributed by atoms with Crippen LogP contribution in [-0.2, 0) is 17.9 Å². The van der Waals surface area contributed by atoms with E-state index < -0.39 is 0 Å². The van der Waals surface area contributed by atoms with E-state index in [2.05, 4.69) is 53.4 Å². The summed E-state index contributed by atoms with van der Waals surface area (Å²) in [6.07, 6.45) is 0.799. The number of hydrogen-bond acceptors (Lipinski definition) is 4. The molecule has 1 aromatic heterocycles. The molecule has 0 aliphatic heterocycles. The highest BCUT2D eigenvalue weighted by atomic mass is 16.2. The fourth-order valence-corrected chi connectivity index (χ4v) is 4.09. The third kappa shape index (κ3) is 5.97. The van der Waals surface area contributed by atoms with E-state index in [1.54, 1.807) is 6.07 Å². The number of aromatic amines is 1. The number of para-hydroxylation sites is 1. The zero-order valence-electron chi connectivity index (χ0n) is 19.6. The zero-order chi connectivity index (χ0) is 23.9. The molecule has 4 aromatic rings. The van der Waals surface area contributed by atoms with Gasteiger partial charge in [-0.1, -0.05) is 79.2 Å². The van der Waals surface area contributed by atoms with Gasteiger partial charge in [-0.2, -0.15) is 0 Å². The van der Waals surface area contributed by atoms with Crippen LogP contribution in [0.15, 0.2) is 83.7 Å². The molecule has 0 radical (unpaired) electrons. The van der Waals surface area contributed by atoms with Crippen LogP contribution in [0.4, 0.5) is 0 Å². The molecule has 6 nitrogen and oxygen atoms in total. The molecule has 1 atom stereocenters. The molecule has 0 fully saturated rings. The van der Waals surface area contributed by atoms with Crippen LogP contribution in [-0.4, -0.2) is 27.3 Å². The van der Waals surface area contributed by atoms with Gasteiger partial charge in [-0.3, -0.25) is 14.5 Å². The van der Waals surface area contributed by atoms with Crippen LogP contribution in [0.25, 0.3) is 10.9 Å². The first-order valence-corrected chi connectivity index (χ1v) is 11.6. The molecular formula is C28H30N4O2. The van der Waals surface area contributed by atoms with Crippen molar-refractivity contribution in [2.45, 2.75) is 39.4 Å². The Morgan fingerprint density at radius 3 is 2.41 bits per heavy atom. The standard InChI is InChI=1S/C28H30N4O2/c1-3-24(22-15-13-20(2)14-16-22)30-27(33)19-32(17-21-9-5-4-6-10-21)18-26-29-25-12-8-7-11-23(25)28(34)31-26/h4-16,24H,3,17-19H2,1-2H3,(H,30,33)(H,29,31,34). The Balaban J connectivity index is 1.53. The molecule has 34 heavy (non-hydrogen) atoms. The maximum atomic E-state index is 13.1. The van der Waals surface area contributed by atoms with E-state index in [9.17, 15) is 9.59 Å². The number of aryl methyl sites for hydroxylation is 1. The Morgan fingerprint density at radius 1 is 0.971 bits per heavy atom. The average molecular weight is 455 g/mol. The molecule has 0 saturated carbocycles. The van der Waals surface area contributed by atoms with E-state index in [0.29, 0.717) is 29.8 Å². The van der Waals surface area contributed by atoms with E-state index in [0.717, 1.165) is 17.5 Å². The highest BCUT2D eigenvalue weighted by molar-refractivity contribution is 5.79. The molecule has 174 valence electrons. The number of H-pyrrole nitrogens is 1. The second kappa shape index (κ2) is 10.9. The van der Waals surface area contributed by atoms with Gasteiger partial charge in [-0.25, -0.2) is 4.98 Å². The minimum Gasteiger partial charge on any atom is -0.348 e. The molecule has 6 heteroatoms. The summed E-state index contributed by atoms with van der Waals surface area (Å²) >= 11 is 0. The van der Waals surface area contributed by atoms with Crippen LogP contribution in [0.2, 0.25) is 0 Å². The molecule has 0 saturated heterocycles. The molecule has 0 spiro atoms. The summed E-state index contributed by atoms with van der Waals surface area (Å²) < 4.78 is 0.